The van der Waals surface area contributed by atoms with Gasteiger partial charge in [-0.25, -0.2) is 4.98 Å². The molecule has 1 aliphatic rings. The van der Waals surface area contributed by atoms with Crippen molar-refractivity contribution in [2.24, 2.45) is 0 Å². The van der Waals surface area contributed by atoms with Crippen LogP contribution in [0.15, 0.2) is 17.6 Å². The molecule has 0 saturated heterocycles. The smallest absolute Gasteiger partial charge is 0.235 e. The molecule has 114 valence electrons. The number of thiophene rings is 1. The number of fused-ring (bicyclic) bond motifs is 1. The molecule has 0 radical (unpaired) electrons. The van der Waals surface area contributed by atoms with Gasteiger partial charge in [-0.3, -0.25) is 4.79 Å². The zero-order chi connectivity index (χ0) is 15.5. The number of nitrogens with one attached hydrogen (secondary N) is 1. The number of nitriles is 1. The van der Waals surface area contributed by atoms with Gasteiger partial charge in [0.15, 0.2) is 5.16 Å². The van der Waals surface area contributed by atoms with Crippen molar-refractivity contribution < 1.29 is 4.79 Å². The molecule has 0 bridgehead atoms. The number of carbonyl (C=O) groups is 1. The lowest BCUT2D eigenvalue weighted by atomic mass is 10.1. The summed E-state index contributed by atoms with van der Waals surface area (Å²) in [5.74, 6) is 0.205. The first-order valence-electron chi connectivity index (χ1n) is 7.21. The second-order valence-corrected chi connectivity index (χ2v) is 7.05. The van der Waals surface area contributed by atoms with Crippen LogP contribution in [0.4, 0.5) is 5.00 Å². The molecule has 3 rings (SSSR count). The summed E-state index contributed by atoms with van der Waals surface area (Å²) >= 11 is 2.96. The third-order valence-corrected chi connectivity index (χ3v) is 5.85. The average Bonchev–Trinajstić information content (AvgIpc) is 3.19. The summed E-state index contributed by atoms with van der Waals surface area (Å²) in [6.07, 6.45) is 6.72. The number of anilines is 1. The van der Waals surface area contributed by atoms with Gasteiger partial charge < -0.3 is 9.88 Å². The fourth-order valence-electron chi connectivity index (χ4n) is 2.58. The van der Waals surface area contributed by atoms with E-state index >= 15 is 0 Å². The van der Waals surface area contributed by atoms with Crippen molar-refractivity contribution in [1.82, 2.24) is 9.55 Å². The van der Waals surface area contributed by atoms with E-state index in [4.69, 9.17) is 0 Å². The molecule has 0 fully saturated rings. The van der Waals surface area contributed by atoms with Crippen molar-refractivity contribution in [2.45, 2.75) is 37.9 Å². The van der Waals surface area contributed by atoms with E-state index < -0.39 is 0 Å². The van der Waals surface area contributed by atoms with Crippen LogP contribution in [0, 0.1) is 11.3 Å². The number of imidazole rings is 1. The van der Waals surface area contributed by atoms with Crippen LogP contribution in [-0.2, 0) is 24.2 Å². The number of hydrogen-bond donors (Lipinski definition) is 1. The van der Waals surface area contributed by atoms with Crippen molar-refractivity contribution in [3.05, 3.63) is 28.4 Å². The first-order valence-corrected chi connectivity index (χ1v) is 9.01. The van der Waals surface area contributed by atoms with Crippen molar-refractivity contribution >= 4 is 34.0 Å². The lowest BCUT2D eigenvalue weighted by Gasteiger charge is -2.05. The predicted octanol–water partition coefficient (Wildman–Crippen LogP) is 3.06. The first-order chi connectivity index (χ1) is 10.7. The highest BCUT2D eigenvalue weighted by atomic mass is 32.2. The maximum absolute atomic E-state index is 12.1. The summed E-state index contributed by atoms with van der Waals surface area (Å²) in [4.78, 5) is 17.6. The van der Waals surface area contributed by atoms with Gasteiger partial charge in [-0.1, -0.05) is 11.8 Å². The zero-order valence-corrected chi connectivity index (χ0v) is 13.9. The molecule has 0 unspecified atom stereocenters. The monoisotopic (exact) mass is 332 g/mol. The van der Waals surface area contributed by atoms with Gasteiger partial charge in [-0.05, 0) is 31.7 Å². The topological polar surface area (TPSA) is 70.7 Å². The van der Waals surface area contributed by atoms with Crippen LogP contribution in [0.2, 0.25) is 0 Å². The Morgan fingerprint density at radius 2 is 2.45 bits per heavy atom. The zero-order valence-electron chi connectivity index (χ0n) is 12.3. The van der Waals surface area contributed by atoms with Crippen LogP contribution in [0.5, 0.6) is 0 Å². The van der Waals surface area contributed by atoms with E-state index in [1.54, 1.807) is 17.5 Å². The SMILES string of the molecule is CCn1ccnc1SCC(=O)Nc1sc2c(c1C#N)CCC2. The molecule has 1 aliphatic carbocycles. The average molecular weight is 332 g/mol. The Labute approximate surface area is 137 Å². The van der Waals surface area contributed by atoms with Gasteiger partial charge in [0.1, 0.15) is 11.1 Å². The Balaban J connectivity index is 1.64. The van der Waals surface area contributed by atoms with E-state index in [9.17, 15) is 10.1 Å². The van der Waals surface area contributed by atoms with E-state index in [0.29, 0.717) is 16.3 Å². The van der Waals surface area contributed by atoms with Crippen molar-refractivity contribution in [1.29, 1.82) is 5.26 Å². The minimum absolute atomic E-state index is 0.0907. The summed E-state index contributed by atoms with van der Waals surface area (Å²) in [6.45, 7) is 2.87. The third-order valence-electron chi connectivity index (χ3n) is 3.64. The minimum atomic E-state index is -0.0907. The Morgan fingerprint density at radius 1 is 1.59 bits per heavy atom. The number of nitrogens with zero attached hydrogens (tertiary/aromatic N) is 3. The van der Waals surface area contributed by atoms with E-state index in [-0.39, 0.29) is 5.91 Å². The van der Waals surface area contributed by atoms with Gasteiger partial charge in [0.2, 0.25) is 5.91 Å². The maximum atomic E-state index is 12.1. The Morgan fingerprint density at radius 3 is 3.23 bits per heavy atom. The number of rotatable bonds is 5. The van der Waals surface area contributed by atoms with Crippen molar-refractivity contribution in [2.75, 3.05) is 11.1 Å². The van der Waals surface area contributed by atoms with Gasteiger partial charge in [-0.15, -0.1) is 11.3 Å². The quantitative estimate of drug-likeness (QED) is 0.854. The van der Waals surface area contributed by atoms with Crippen LogP contribution in [-0.4, -0.2) is 21.2 Å². The van der Waals surface area contributed by atoms with Gasteiger partial charge in [-0.2, -0.15) is 5.26 Å². The first kappa shape index (κ1) is 15.1. The molecule has 2 aromatic heterocycles. The van der Waals surface area contributed by atoms with Gasteiger partial charge in [0.05, 0.1) is 11.3 Å². The van der Waals surface area contributed by atoms with Crippen LogP contribution in [0.25, 0.3) is 0 Å². The number of hydrogen-bond acceptors (Lipinski definition) is 5. The van der Waals surface area contributed by atoms with Gasteiger partial charge in [0.25, 0.3) is 0 Å². The van der Waals surface area contributed by atoms with Crippen LogP contribution < -0.4 is 5.32 Å². The van der Waals surface area contributed by atoms with Crippen LogP contribution in [0.3, 0.4) is 0 Å². The Hall–Kier alpha value is -1.78. The molecule has 1 N–H and O–H groups in total. The second kappa shape index (κ2) is 6.55. The second-order valence-electron chi connectivity index (χ2n) is 5.01. The lowest BCUT2D eigenvalue weighted by molar-refractivity contribution is -0.113. The molecule has 0 aliphatic heterocycles. The number of thioether (sulfide) groups is 1. The van der Waals surface area contributed by atoms with E-state index in [1.807, 2.05) is 17.7 Å². The summed E-state index contributed by atoms with van der Waals surface area (Å²) in [5, 5.41) is 13.8. The fourth-order valence-corrected chi connectivity index (χ4v) is 4.66. The summed E-state index contributed by atoms with van der Waals surface area (Å²) < 4.78 is 2.00. The normalized spacial score (nSPS) is 12.9. The summed E-state index contributed by atoms with van der Waals surface area (Å²) in [5.41, 5.74) is 1.79. The number of aryl methyl sites for hydroxylation is 2. The molecule has 7 heteroatoms. The van der Waals surface area contributed by atoms with Gasteiger partial charge in [0, 0.05) is 23.8 Å². The van der Waals surface area contributed by atoms with Crippen LogP contribution in [0.1, 0.15) is 29.3 Å². The maximum Gasteiger partial charge on any atom is 0.235 e. The molecule has 5 nitrogen and oxygen atoms in total. The molecular formula is C15H16N4OS2. The molecule has 0 saturated carbocycles. The molecule has 2 aromatic rings. The molecule has 22 heavy (non-hydrogen) atoms. The Bertz CT molecular complexity index is 741. The number of amides is 1. The highest BCUT2D eigenvalue weighted by Gasteiger charge is 2.23. The molecular weight excluding hydrogens is 316 g/mol. The minimum Gasteiger partial charge on any atom is -0.326 e. The lowest BCUT2D eigenvalue weighted by Crippen LogP contribution is -2.14. The van der Waals surface area contributed by atoms with E-state index in [2.05, 4.69) is 16.4 Å². The Kier molecular flexibility index (Phi) is 4.50. The number of aromatic nitrogens is 2. The third kappa shape index (κ3) is 2.89. The van der Waals surface area contributed by atoms with Crippen molar-refractivity contribution in [3.8, 4) is 6.07 Å². The van der Waals surface area contributed by atoms with E-state index in [0.717, 1.165) is 36.5 Å². The van der Waals surface area contributed by atoms with Crippen molar-refractivity contribution in [3.63, 3.8) is 0 Å². The molecule has 1 amide bonds. The number of carbonyl (C=O) groups excluding carboxylic acids is 1. The molecule has 0 spiro atoms. The van der Waals surface area contributed by atoms with E-state index in [1.165, 1.54) is 16.6 Å². The standard InChI is InChI=1S/C15H16N4OS2/c1-2-19-7-6-17-15(19)21-9-13(20)18-14-11(8-16)10-4-3-5-12(10)22-14/h6-7H,2-5,9H2,1H3,(H,18,20). The largest absolute Gasteiger partial charge is 0.326 e. The molecule has 2 heterocycles. The fraction of sp³-hybridized carbons (Fsp3) is 0.400. The predicted molar refractivity (Wildman–Crippen MR) is 88.3 cm³/mol. The van der Waals surface area contributed by atoms with Crippen LogP contribution >= 0.6 is 23.1 Å². The summed E-state index contributed by atoms with van der Waals surface area (Å²) in [6, 6.07) is 2.24. The highest BCUT2D eigenvalue weighted by Crippen LogP contribution is 2.38. The molecule has 0 aromatic carbocycles. The summed E-state index contributed by atoms with van der Waals surface area (Å²) in [7, 11) is 0. The molecule has 0 atom stereocenters. The van der Waals surface area contributed by atoms with Gasteiger partial charge >= 0.3 is 0 Å². The highest BCUT2D eigenvalue weighted by molar-refractivity contribution is 7.99.